The van der Waals surface area contributed by atoms with Gasteiger partial charge in [-0.25, -0.2) is 0 Å². The van der Waals surface area contributed by atoms with Crippen LogP contribution in [0.2, 0.25) is 0 Å². The first kappa shape index (κ1) is 10.2. The number of rotatable bonds is 2. The summed E-state index contributed by atoms with van der Waals surface area (Å²) in [5.41, 5.74) is 1.33. The van der Waals surface area contributed by atoms with Gasteiger partial charge in [-0.2, -0.15) is 4.74 Å². The highest BCUT2D eigenvalue weighted by Gasteiger charge is 1.99. The second-order valence-corrected chi connectivity index (χ2v) is 3.38. The van der Waals surface area contributed by atoms with Crippen molar-refractivity contribution in [3.63, 3.8) is 0 Å². The van der Waals surface area contributed by atoms with E-state index in [-0.39, 0.29) is 5.75 Å². The van der Waals surface area contributed by atoms with Gasteiger partial charge >= 0.3 is 0 Å². The fourth-order valence-electron chi connectivity index (χ4n) is 1.35. The summed E-state index contributed by atoms with van der Waals surface area (Å²) in [4.78, 5) is 0. The van der Waals surface area contributed by atoms with Gasteiger partial charge in [0, 0.05) is 17.7 Å². The van der Waals surface area contributed by atoms with Gasteiger partial charge in [-0.1, -0.05) is 18.2 Å². The molecule has 0 heterocycles. The highest BCUT2D eigenvalue weighted by molar-refractivity contribution is 5.76. The monoisotopic (exact) mass is 213 g/mol. The van der Waals surface area contributed by atoms with E-state index in [2.05, 4.69) is 0 Å². The second kappa shape index (κ2) is 4.49. The third kappa shape index (κ3) is 2.39. The molecule has 0 aliphatic carbocycles. The summed E-state index contributed by atoms with van der Waals surface area (Å²) in [7, 11) is 0. The van der Waals surface area contributed by atoms with Crippen LogP contribution in [0.1, 0.15) is 5.56 Å². The third-order valence-electron chi connectivity index (χ3n) is 2.17. The first-order valence-corrected chi connectivity index (χ1v) is 4.91. The Bertz CT molecular complexity index is 489. The van der Waals surface area contributed by atoms with Crippen molar-refractivity contribution in [3.8, 4) is 5.75 Å². The van der Waals surface area contributed by atoms with Gasteiger partial charge in [0.25, 0.3) is 0 Å². The van der Waals surface area contributed by atoms with Gasteiger partial charge in [0.15, 0.2) is 6.21 Å². The van der Waals surface area contributed by atoms with E-state index in [0.29, 0.717) is 5.69 Å². The lowest BCUT2D eigenvalue weighted by Crippen LogP contribution is -1.98. The fourth-order valence-corrected chi connectivity index (χ4v) is 1.35. The maximum atomic E-state index is 11.7. The quantitative estimate of drug-likeness (QED) is 0.361. The Morgan fingerprint density at radius 1 is 0.938 bits per heavy atom. The minimum Gasteiger partial charge on any atom is -0.618 e. The molecule has 2 aromatic carbocycles. The van der Waals surface area contributed by atoms with E-state index in [1.165, 1.54) is 6.21 Å². The van der Waals surface area contributed by atoms with Crippen LogP contribution < -0.4 is 0 Å². The van der Waals surface area contributed by atoms with E-state index in [4.69, 9.17) is 5.11 Å². The van der Waals surface area contributed by atoms with Gasteiger partial charge in [-0.3, -0.25) is 0 Å². The molecule has 80 valence electrons. The zero-order chi connectivity index (χ0) is 11.4. The molecular weight excluding hydrogens is 202 g/mol. The number of benzene rings is 2. The Morgan fingerprint density at radius 2 is 1.56 bits per heavy atom. The molecular formula is C13H11NO2. The molecule has 0 aliphatic rings. The zero-order valence-corrected chi connectivity index (χ0v) is 8.58. The summed E-state index contributed by atoms with van der Waals surface area (Å²) in [6.45, 7) is 0. The van der Waals surface area contributed by atoms with E-state index < -0.39 is 0 Å². The van der Waals surface area contributed by atoms with Crippen LogP contribution in [0.25, 0.3) is 0 Å². The van der Waals surface area contributed by atoms with Crippen LogP contribution in [0.4, 0.5) is 5.69 Å². The molecule has 2 rings (SSSR count). The molecule has 0 aliphatic heterocycles. The summed E-state index contributed by atoms with van der Waals surface area (Å²) in [6.07, 6.45) is 1.47. The van der Waals surface area contributed by atoms with E-state index in [1.54, 1.807) is 36.4 Å². The fraction of sp³-hybridized carbons (Fsp3) is 0. The Labute approximate surface area is 93.5 Å². The summed E-state index contributed by atoms with van der Waals surface area (Å²) in [6, 6.07) is 15.4. The highest BCUT2D eigenvalue weighted by Crippen LogP contribution is 2.11. The lowest BCUT2D eigenvalue weighted by molar-refractivity contribution is -0.354. The zero-order valence-electron chi connectivity index (χ0n) is 8.58. The van der Waals surface area contributed by atoms with Crippen molar-refractivity contribution in [1.29, 1.82) is 0 Å². The summed E-state index contributed by atoms with van der Waals surface area (Å²) in [5.74, 6) is 0.189. The van der Waals surface area contributed by atoms with Gasteiger partial charge < -0.3 is 10.3 Å². The molecule has 0 saturated carbocycles. The Balaban J connectivity index is 2.28. The summed E-state index contributed by atoms with van der Waals surface area (Å²) < 4.78 is 0.798. The number of hydrogen-bond donors (Lipinski definition) is 1. The third-order valence-corrected chi connectivity index (χ3v) is 2.17. The maximum absolute atomic E-state index is 11.7. The van der Waals surface area contributed by atoms with Gasteiger partial charge in [-0.05, 0) is 24.3 Å². The van der Waals surface area contributed by atoms with Gasteiger partial charge in [0.1, 0.15) is 5.75 Å². The van der Waals surface area contributed by atoms with E-state index >= 15 is 0 Å². The number of hydrogen-bond acceptors (Lipinski definition) is 2. The normalized spacial score (nSPS) is 11.4. The molecule has 1 N–H and O–H groups in total. The summed E-state index contributed by atoms with van der Waals surface area (Å²) in [5, 5.41) is 20.8. The number of para-hydroxylation sites is 1. The van der Waals surface area contributed by atoms with Crippen molar-refractivity contribution in [2.24, 2.45) is 0 Å². The van der Waals surface area contributed by atoms with Crippen LogP contribution in [0.5, 0.6) is 5.75 Å². The molecule has 0 aromatic heterocycles. The molecule has 0 saturated heterocycles. The Kier molecular flexibility index (Phi) is 2.87. The lowest BCUT2D eigenvalue weighted by atomic mass is 10.2. The summed E-state index contributed by atoms with van der Waals surface area (Å²) >= 11 is 0. The first-order valence-electron chi connectivity index (χ1n) is 4.91. The molecule has 3 nitrogen and oxygen atoms in total. The maximum Gasteiger partial charge on any atom is 0.216 e. The minimum absolute atomic E-state index is 0.189. The molecule has 0 amide bonds. The molecule has 2 aromatic rings. The average Bonchev–Trinajstić information content (AvgIpc) is 2.33. The van der Waals surface area contributed by atoms with Crippen LogP contribution in [-0.4, -0.2) is 16.1 Å². The van der Waals surface area contributed by atoms with Gasteiger partial charge in [0.2, 0.25) is 5.69 Å². The van der Waals surface area contributed by atoms with E-state index in [0.717, 1.165) is 10.3 Å². The van der Waals surface area contributed by atoms with Crippen molar-refractivity contribution in [1.82, 2.24) is 0 Å². The topological polar surface area (TPSA) is 46.3 Å². The molecule has 0 spiro atoms. The SMILES string of the molecule is [O-]/[N+](=C\c1ccc(O)cc1)c1ccccc1. The molecule has 0 unspecified atom stereocenters. The Morgan fingerprint density at radius 3 is 2.19 bits per heavy atom. The van der Waals surface area contributed by atoms with Crippen molar-refractivity contribution in [3.05, 3.63) is 65.4 Å². The molecule has 0 bridgehead atoms. The van der Waals surface area contributed by atoms with E-state index in [9.17, 15) is 5.21 Å². The lowest BCUT2D eigenvalue weighted by Gasteiger charge is -2.02. The van der Waals surface area contributed by atoms with Crippen LogP contribution in [0, 0.1) is 5.21 Å². The number of aromatic hydroxyl groups is 1. The minimum atomic E-state index is 0.189. The highest BCUT2D eigenvalue weighted by atomic mass is 16.5. The van der Waals surface area contributed by atoms with Crippen molar-refractivity contribution >= 4 is 11.9 Å². The van der Waals surface area contributed by atoms with Crippen molar-refractivity contribution in [2.45, 2.75) is 0 Å². The van der Waals surface area contributed by atoms with Crippen LogP contribution in [0.15, 0.2) is 54.6 Å². The molecule has 0 radical (unpaired) electrons. The van der Waals surface area contributed by atoms with Gasteiger partial charge in [0.05, 0.1) is 0 Å². The van der Waals surface area contributed by atoms with Crippen LogP contribution >= 0.6 is 0 Å². The van der Waals surface area contributed by atoms with Crippen LogP contribution in [-0.2, 0) is 0 Å². The molecule has 16 heavy (non-hydrogen) atoms. The first-order chi connectivity index (χ1) is 7.75. The van der Waals surface area contributed by atoms with Crippen LogP contribution in [0.3, 0.4) is 0 Å². The molecule has 3 heteroatoms. The smallest absolute Gasteiger partial charge is 0.216 e. The second-order valence-electron chi connectivity index (χ2n) is 3.38. The predicted octanol–water partition coefficient (Wildman–Crippen LogP) is 2.65. The van der Waals surface area contributed by atoms with Gasteiger partial charge in [-0.15, -0.1) is 0 Å². The standard InChI is InChI=1S/C13H11NO2/c15-13-8-6-11(7-9-13)10-14(16)12-4-2-1-3-5-12/h1-10,15H/b14-10-. The largest absolute Gasteiger partial charge is 0.618 e. The average molecular weight is 213 g/mol. The van der Waals surface area contributed by atoms with Crippen molar-refractivity contribution in [2.75, 3.05) is 0 Å². The number of phenols is 1. The van der Waals surface area contributed by atoms with E-state index in [1.807, 2.05) is 18.2 Å². The molecule has 0 atom stereocenters. The number of nitrogens with zero attached hydrogens (tertiary/aromatic N) is 1. The Hall–Kier alpha value is -2.29. The predicted molar refractivity (Wildman–Crippen MR) is 63.0 cm³/mol. The van der Waals surface area contributed by atoms with Crippen molar-refractivity contribution < 1.29 is 9.85 Å². The number of phenolic OH excluding ortho intramolecular Hbond substituents is 1. The molecule has 0 fully saturated rings.